The molecule has 0 heterocycles. The first-order valence-electron chi connectivity index (χ1n) is 9.46. The van der Waals surface area contributed by atoms with Gasteiger partial charge in [0.2, 0.25) is 5.91 Å². The van der Waals surface area contributed by atoms with Crippen LogP contribution in [0.3, 0.4) is 0 Å². The Hall–Kier alpha value is -2.53. The van der Waals surface area contributed by atoms with Crippen molar-refractivity contribution in [1.29, 1.82) is 0 Å². The lowest BCUT2D eigenvalue weighted by Crippen LogP contribution is -2.50. The predicted octanol–water partition coefficient (Wildman–Crippen LogP) is 3.97. The van der Waals surface area contributed by atoms with Crippen molar-refractivity contribution in [2.24, 2.45) is 0 Å². The van der Waals surface area contributed by atoms with Crippen molar-refractivity contribution in [2.75, 3.05) is 13.2 Å². The van der Waals surface area contributed by atoms with E-state index in [4.69, 9.17) is 16.3 Å². The third kappa shape index (κ3) is 5.73. The highest BCUT2D eigenvalue weighted by molar-refractivity contribution is 6.32. The number of rotatable bonds is 9. The van der Waals surface area contributed by atoms with Crippen LogP contribution in [0.5, 0.6) is 5.75 Å². The summed E-state index contributed by atoms with van der Waals surface area (Å²) < 4.78 is 5.63. The van der Waals surface area contributed by atoms with Crippen LogP contribution in [0.2, 0.25) is 5.02 Å². The molecule has 0 saturated carbocycles. The Morgan fingerprint density at radius 3 is 2.43 bits per heavy atom. The summed E-state index contributed by atoms with van der Waals surface area (Å²) in [6, 6.07) is 14.3. The summed E-state index contributed by atoms with van der Waals surface area (Å²) in [6.45, 7) is 6.41. The standard InChI is InChI=1S/C22H27ClN2O3/c1-4-19(22(27)24-5-2)25(14-17-11-7-6-10-16(17)3)21(26)15-28-20-13-9-8-12-18(20)23/h6-13,19H,4-5,14-15H2,1-3H3,(H,24,27). The van der Waals surface area contributed by atoms with Gasteiger partial charge in [-0.15, -0.1) is 0 Å². The van der Waals surface area contributed by atoms with Gasteiger partial charge >= 0.3 is 0 Å². The Bertz CT molecular complexity index is 810. The highest BCUT2D eigenvalue weighted by Crippen LogP contribution is 2.23. The van der Waals surface area contributed by atoms with E-state index in [0.29, 0.717) is 30.3 Å². The molecule has 1 N–H and O–H groups in total. The molecule has 0 spiro atoms. The van der Waals surface area contributed by atoms with E-state index in [2.05, 4.69) is 5.32 Å². The number of ether oxygens (including phenoxy) is 1. The zero-order valence-corrected chi connectivity index (χ0v) is 17.3. The molecule has 0 aliphatic carbocycles. The number of benzene rings is 2. The van der Waals surface area contributed by atoms with Crippen molar-refractivity contribution in [3.63, 3.8) is 0 Å². The van der Waals surface area contributed by atoms with Crippen LogP contribution < -0.4 is 10.1 Å². The minimum absolute atomic E-state index is 0.162. The van der Waals surface area contributed by atoms with E-state index in [1.807, 2.05) is 45.0 Å². The van der Waals surface area contributed by atoms with Gasteiger partial charge in [-0.2, -0.15) is 0 Å². The average molecular weight is 403 g/mol. The topological polar surface area (TPSA) is 58.6 Å². The SMILES string of the molecule is CCNC(=O)C(CC)N(Cc1ccccc1C)C(=O)COc1ccccc1Cl. The minimum atomic E-state index is -0.568. The van der Waals surface area contributed by atoms with Crippen LogP contribution in [0.4, 0.5) is 0 Å². The second-order valence-electron chi connectivity index (χ2n) is 6.49. The van der Waals surface area contributed by atoms with E-state index in [9.17, 15) is 9.59 Å². The van der Waals surface area contributed by atoms with Crippen molar-refractivity contribution in [2.45, 2.75) is 39.8 Å². The highest BCUT2D eigenvalue weighted by atomic mass is 35.5. The molecule has 6 heteroatoms. The van der Waals surface area contributed by atoms with Crippen LogP contribution in [0, 0.1) is 6.92 Å². The van der Waals surface area contributed by atoms with E-state index in [1.54, 1.807) is 29.2 Å². The first kappa shape index (κ1) is 21.8. The Morgan fingerprint density at radius 1 is 1.11 bits per heavy atom. The van der Waals surface area contributed by atoms with Crippen molar-refractivity contribution in [3.8, 4) is 5.75 Å². The second-order valence-corrected chi connectivity index (χ2v) is 6.89. The summed E-state index contributed by atoms with van der Waals surface area (Å²) in [5.41, 5.74) is 2.06. The maximum absolute atomic E-state index is 13.0. The maximum Gasteiger partial charge on any atom is 0.261 e. The summed E-state index contributed by atoms with van der Waals surface area (Å²) in [5, 5.41) is 3.26. The monoisotopic (exact) mass is 402 g/mol. The molecular weight excluding hydrogens is 376 g/mol. The summed E-state index contributed by atoms with van der Waals surface area (Å²) >= 11 is 6.11. The van der Waals surface area contributed by atoms with E-state index in [0.717, 1.165) is 11.1 Å². The molecule has 0 aromatic heterocycles. The van der Waals surface area contributed by atoms with Crippen molar-refractivity contribution in [3.05, 3.63) is 64.7 Å². The predicted molar refractivity (Wildman–Crippen MR) is 111 cm³/mol. The number of likely N-dealkylation sites (N-methyl/N-ethyl adjacent to an activating group) is 1. The van der Waals surface area contributed by atoms with Gasteiger partial charge in [0.15, 0.2) is 6.61 Å². The van der Waals surface area contributed by atoms with Gasteiger partial charge in [0, 0.05) is 13.1 Å². The van der Waals surface area contributed by atoms with Gasteiger partial charge in [-0.1, -0.05) is 54.9 Å². The van der Waals surface area contributed by atoms with Gasteiger partial charge in [0.05, 0.1) is 5.02 Å². The molecule has 2 amide bonds. The van der Waals surface area contributed by atoms with Crippen LogP contribution in [0.15, 0.2) is 48.5 Å². The number of nitrogens with zero attached hydrogens (tertiary/aromatic N) is 1. The molecule has 2 aromatic carbocycles. The lowest BCUT2D eigenvalue weighted by Gasteiger charge is -2.31. The smallest absolute Gasteiger partial charge is 0.261 e. The third-order valence-electron chi connectivity index (χ3n) is 4.53. The summed E-state index contributed by atoms with van der Waals surface area (Å²) in [7, 11) is 0. The lowest BCUT2D eigenvalue weighted by molar-refractivity contribution is -0.142. The van der Waals surface area contributed by atoms with Crippen LogP contribution in [-0.2, 0) is 16.1 Å². The van der Waals surface area contributed by atoms with Gasteiger partial charge in [0.25, 0.3) is 5.91 Å². The van der Waals surface area contributed by atoms with Crippen LogP contribution in [0.25, 0.3) is 0 Å². The van der Waals surface area contributed by atoms with Gasteiger partial charge in [0.1, 0.15) is 11.8 Å². The molecule has 28 heavy (non-hydrogen) atoms. The third-order valence-corrected chi connectivity index (χ3v) is 4.84. The number of nitrogens with one attached hydrogen (secondary N) is 1. The normalized spacial score (nSPS) is 11.6. The first-order valence-corrected chi connectivity index (χ1v) is 9.84. The zero-order chi connectivity index (χ0) is 20.5. The highest BCUT2D eigenvalue weighted by Gasteiger charge is 2.29. The Morgan fingerprint density at radius 2 is 1.79 bits per heavy atom. The number of amides is 2. The molecule has 0 saturated heterocycles. The van der Waals surface area contributed by atoms with Crippen molar-refractivity contribution in [1.82, 2.24) is 10.2 Å². The van der Waals surface area contributed by atoms with E-state index < -0.39 is 6.04 Å². The molecule has 0 aliphatic rings. The first-order chi connectivity index (χ1) is 13.5. The van der Waals surface area contributed by atoms with Gasteiger partial charge in [-0.3, -0.25) is 9.59 Å². The molecule has 1 unspecified atom stereocenters. The van der Waals surface area contributed by atoms with Crippen molar-refractivity contribution < 1.29 is 14.3 Å². The number of para-hydroxylation sites is 1. The van der Waals surface area contributed by atoms with Gasteiger partial charge in [-0.25, -0.2) is 0 Å². The largest absolute Gasteiger partial charge is 0.482 e. The molecule has 2 aromatic rings. The molecule has 2 rings (SSSR count). The van der Waals surface area contributed by atoms with E-state index in [-0.39, 0.29) is 18.4 Å². The molecular formula is C22H27ClN2O3. The van der Waals surface area contributed by atoms with Gasteiger partial charge < -0.3 is 15.0 Å². The summed E-state index contributed by atoms with van der Waals surface area (Å²) in [4.78, 5) is 27.2. The van der Waals surface area contributed by atoms with Crippen LogP contribution >= 0.6 is 11.6 Å². The quantitative estimate of drug-likeness (QED) is 0.690. The van der Waals surface area contributed by atoms with Crippen LogP contribution in [-0.4, -0.2) is 35.9 Å². The van der Waals surface area contributed by atoms with Crippen molar-refractivity contribution >= 4 is 23.4 Å². The van der Waals surface area contributed by atoms with E-state index in [1.165, 1.54) is 0 Å². The zero-order valence-electron chi connectivity index (χ0n) is 16.6. The number of hydrogen-bond acceptors (Lipinski definition) is 3. The number of hydrogen-bond donors (Lipinski definition) is 1. The number of aryl methyl sites for hydroxylation is 1. The molecule has 5 nitrogen and oxygen atoms in total. The number of carbonyl (C=O) groups is 2. The molecule has 150 valence electrons. The molecule has 0 bridgehead atoms. The second kappa shape index (κ2) is 10.7. The average Bonchev–Trinajstić information content (AvgIpc) is 2.68. The number of carbonyl (C=O) groups excluding carboxylic acids is 2. The summed E-state index contributed by atoms with van der Waals surface area (Å²) in [6.07, 6.45) is 0.509. The minimum Gasteiger partial charge on any atom is -0.482 e. The maximum atomic E-state index is 13.0. The van der Waals surface area contributed by atoms with Gasteiger partial charge in [-0.05, 0) is 43.5 Å². The molecule has 0 radical (unpaired) electrons. The Balaban J connectivity index is 2.23. The fraction of sp³-hybridized carbons (Fsp3) is 0.364. The Kier molecular flexibility index (Phi) is 8.33. The van der Waals surface area contributed by atoms with Crippen LogP contribution in [0.1, 0.15) is 31.4 Å². The van der Waals surface area contributed by atoms with E-state index >= 15 is 0 Å². The molecule has 0 aliphatic heterocycles. The summed E-state index contributed by atoms with van der Waals surface area (Å²) in [5.74, 6) is 0.0189. The lowest BCUT2D eigenvalue weighted by atomic mass is 10.1. The fourth-order valence-corrected chi connectivity index (χ4v) is 3.16. The molecule has 1 atom stereocenters. The Labute approximate surface area is 171 Å². The number of halogens is 1. The molecule has 0 fully saturated rings. The fourth-order valence-electron chi connectivity index (χ4n) is 2.97.